The van der Waals surface area contributed by atoms with E-state index in [4.69, 9.17) is 16.3 Å². The molecule has 0 atom stereocenters. The minimum absolute atomic E-state index is 0.0984. The highest BCUT2D eigenvalue weighted by Gasteiger charge is 2.16. The number of ether oxygens (including phenoxy) is 1. The number of hydrogen-bond acceptors (Lipinski definition) is 3. The smallest absolute Gasteiger partial charge is 0.254 e. The summed E-state index contributed by atoms with van der Waals surface area (Å²) in [7, 11) is 0. The zero-order chi connectivity index (χ0) is 18.1. The van der Waals surface area contributed by atoms with Crippen LogP contribution in [0.4, 0.5) is 0 Å². The van der Waals surface area contributed by atoms with E-state index >= 15 is 0 Å². The van der Waals surface area contributed by atoms with Crippen molar-refractivity contribution >= 4 is 17.5 Å². The average molecular weight is 364 g/mol. The summed E-state index contributed by atoms with van der Waals surface area (Å²) >= 11 is 6.06. The Bertz CT molecular complexity index is 685. The van der Waals surface area contributed by atoms with Gasteiger partial charge in [0.1, 0.15) is 0 Å². The molecule has 0 radical (unpaired) electrons. The molecule has 1 heterocycles. The van der Waals surface area contributed by atoms with Gasteiger partial charge in [0.15, 0.2) is 0 Å². The third-order valence-electron chi connectivity index (χ3n) is 3.89. The zero-order valence-corrected chi connectivity index (χ0v) is 15.7. The van der Waals surface area contributed by atoms with E-state index in [9.17, 15) is 4.79 Å². The fourth-order valence-corrected chi connectivity index (χ4v) is 2.74. The lowest BCUT2D eigenvalue weighted by Crippen LogP contribution is -2.26. The van der Waals surface area contributed by atoms with Crippen LogP contribution in [0.25, 0.3) is 5.69 Å². The van der Waals surface area contributed by atoms with Crippen LogP contribution in [0.2, 0.25) is 5.02 Å². The highest BCUT2D eigenvalue weighted by Crippen LogP contribution is 2.19. The Labute approximate surface area is 154 Å². The van der Waals surface area contributed by atoms with E-state index < -0.39 is 0 Å². The van der Waals surface area contributed by atoms with E-state index in [1.165, 1.54) is 0 Å². The SMILES string of the molecule is CCCCOCCCNC(=O)c1cnn(-c2cccc(Cl)c2)c1CC. The largest absolute Gasteiger partial charge is 0.381 e. The molecule has 0 unspecified atom stereocenters. The fraction of sp³-hybridized carbons (Fsp3) is 0.474. The molecule has 0 bridgehead atoms. The predicted molar refractivity (Wildman–Crippen MR) is 101 cm³/mol. The second-order valence-electron chi connectivity index (χ2n) is 5.83. The Hall–Kier alpha value is -1.85. The van der Waals surface area contributed by atoms with Gasteiger partial charge < -0.3 is 10.1 Å². The van der Waals surface area contributed by atoms with E-state index in [1.54, 1.807) is 10.9 Å². The third-order valence-corrected chi connectivity index (χ3v) is 4.13. The predicted octanol–water partition coefficient (Wildman–Crippen LogP) is 4.02. The Kier molecular flexibility index (Phi) is 7.95. The van der Waals surface area contributed by atoms with Crippen molar-refractivity contribution in [2.75, 3.05) is 19.8 Å². The highest BCUT2D eigenvalue weighted by molar-refractivity contribution is 6.30. The van der Waals surface area contributed by atoms with Crippen molar-refractivity contribution < 1.29 is 9.53 Å². The fourth-order valence-electron chi connectivity index (χ4n) is 2.55. The maximum atomic E-state index is 12.4. The molecule has 0 saturated heterocycles. The topological polar surface area (TPSA) is 56.1 Å². The number of halogens is 1. The molecular weight excluding hydrogens is 338 g/mol. The molecule has 1 aromatic heterocycles. The lowest BCUT2D eigenvalue weighted by atomic mass is 10.2. The van der Waals surface area contributed by atoms with Gasteiger partial charge in [-0.2, -0.15) is 5.10 Å². The first-order valence-corrected chi connectivity index (χ1v) is 9.24. The van der Waals surface area contributed by atoms with Crippen LogP contribution in [0, 0.1) is 0 Å². The normalized spacial score (nSPS) is 10.8. The first-order chi connectivity index (χ1) is 12.2. The summed E-state index contributed by atoms with van der Waals surface area (Å²) in [6.07, 6.45) is 5.34. The van der Waals surface area contributed by atoms with E-state index in [-0.39, 0.29) is 5.91 Å². The molecule has 5 nitrogen and oxygen atoms in total. The molecular formula is C19H26ClN3O2. The van der Waals surface area contributed by atoms with Gasteiger partial charge in [0, 0.05) is 24.8 Å². The van der Waals surface area contributed by atoms with Gasteiger partial charge in [0.25, 0.3) is 5.91 Å². The van der Waals surface area contributed by atoms with Gasteiger partial charge in [0.2, 0.25) is 0 Å². The van der Waals surface area contributed by atoms with Crippen molar-refractivity contribution in [1.82, 2.24) is 15.1 Å². The monoisotopic (exact) mass is 363 g/mol. The minimum Gasteiger partial charge on any atom is -0.381 e. The number of nitrogens with one attached hydrogen (secondary N) is 1. The molecule has 0 aliphatic carbocycles. The number of carbonyl (C=O) groups is 1. The number of aromatic nitrogens is 2. The maximum absolute atomic E-state index is 12.4. The van der Waals surface area contributed by atoms with E-state index in [0.29, 0.717) is 30.2 Å². The number of carbonyl (C=O) groups excluding carboxylic acids is 1. The molecule has 2 rings (SSSR count). The Morgan fingerprint density at radius 2 is 2.08 bits per heavy atom. The molecule has 0 aliphatic rings. The molecule has 2 aromatic rings. The molecule has 0 fully saturated rings. The molecule has 136 valence electrons. The van der Waals surface area contributed by atoms with Gasteiger partial charge in [-0.25, -0.2) is 4.68 Å². The molecule has 1 N–H and O–H groups in total. The van der Waals surface area contributed by atoms with Crippen LogP contribution in [-0.4, -0.2) is 35.4 Å². The van der Waals surface area contributed by atoms with Crippen molar-refractivity contribution in [3.05, 3.63) is 46.7 Å². The maximum Gasteiger partial charge on any atom is 0.254 e. The minimum atomic E-state index is -0.0984. The summed E-state index contributed by atoms with van der Waals surface area (Å²) in [4.78, 5) is 12.4. The van der Waals surface area contributed by atoms with Crippen LogP contribution in [0.3, 0.4) is 0 Å². The average Bonchev–Trinajstić information content (AvgIpc) is 3.05. The lowest BCUT2D eigenvalue weighted by Gasteiger charge is -2.09. The van der Waals surface area contributed by atoms with Crippen molar-refractivity contribution in [2.24, 2.45) is 0 Å². The number of unbranched alkanes of at least 4 members (excludes halogenated alkanes) is 1. The number of rotatable bonds is 10. The number of amides is 1. The molecule has 1 aromatic carbocycles. The summed E-state index contributed by atoms with van der Waals surface area (Å²) in [5.41, 5.74) is 2.33. The number of benzene rings is 1. The summed E-state index contributed by atoms with van der Waals surface area (Å²) in [5.74, 6) is -0.0984. The molecule has 1 amide bonds. The molecule has 6 heteroatoms. The number of nitrogens with zero attached hydrogens (tertiary/aromatic N) is 2. The van der Waals surface area contributed by atoms with Crippen LogP contribution in [-0.2, 0) is 11.2 Å². The summed E-state index contributed by atoms with van der Waals surface area (Å²) in [6, 6.07) is 7.45. The van der Waals surface area contributed by atoms with E-state index in [1.807, 2.05) is 31.2 Å². The summed E-state index contributed by atoms with van der Waals surface area (Å²) in [6.45, 7) is 6.20. The highest BCUT2D eigenvalue weighted by atomic mass is 35.5. The Morgan fingerprint density at radius 1 is 1.28 bits per heavy atom. The van der Waals surface area contributed by atoms with Gasteiger partial charge in [-0.1, -0.05) is 37.9 Å². The van der Waals surface area contributed by atoms with Crippen LogP contribution in [0.15, 0.2) is 30.5 Å². The molecule has 0 saturated carbocycles. The van der Waals surface area contributed by atoms with Gasteiger partial charge in [-0.05, 0) is 37.5 Å². The lowest BCUT2D eigenvalue weighted by molar-refractivity contribution is 0.0939. The zero-order valence-electron chi connectivity index (χ0n) is 14.9. The Balaban J connectivity index is 1.94. The van der Waals surface area contributed by atoms with E-state index in [2.05, 4.69) is 17.3 Å². The molecule has 0 aliphatic heterocycles. The van der Waals surface area contributed by atoms with Crippen LogP contribution < -0.4 is 5.32 Å². The van der Waals surface area contributed by atoms with Gasteiger partial charge in [0.05, 0.1) is 23.1 Å². The van der Waals surface area contributed by atoms with Gasteiger partial charge in [-0.3, -0.25) is 4.79 Å². The first-order valence-electron chi connectivity index (χ1n) is 8.86. The molecule has 0 spiro atoms. The molecule has 25 heavy (non-hydrogen) atoms. The van der Waals surface area contributed by atoms with Crippen LogP contribution >= 0.6 is 11.6 Å². The standard InChI is InChI=1S/C19H26ClN3O2/c1-3-5-11-25-12-7-10-21-19(24)17-14-22-23(18(17)4-2)16-9-6-8-15(20)13-16/h6,8-9,13-14H,3-5,7,10-12H2,1-2H3,(H,21,24). The summed E-state index contributed by atoms with van der Waals surface area (Å²) < 4.78 is 7.27. The number of hydrogen-bond donors (Lipinski definition) is 1. The van der Waals surface area contributed by atoms with Crippen LogP contribution in [0.5, 0.6) is 0 Å². The first kappa shape index (κ1) is 19.5. The second-order valence-corrected chi connectivity index (χ2v) is 6.26. The van der Waals surface area contributed by atoms with Crippen molar-refractivity contribution in [3.63, 3.8) is 0 Å². The quantitative estimate of drug-likeness (QED) is 0.648. The van der Waals surface area contributed by atoms with Crippen molar-refractivity contribution in [1.29, 1.82) is 0 Å². The summed E-state index contributed by atoms with van der Waals surface area (Å²) in [5, 5.41) is 7.96. The third kappa shape index (κ3) is 5.58. The van der Waals surface area contributed by atoms with Gasteiger partial charge >= 0.3 is 0 Å². The van der Waals surface area contributed by atoms with E-state index in [0.717, 1.165) is 37.3 Å². The second kappa shape index (κ2) is 10.2. The van der Waals surface area contributed by atoms with Crippen molar-refractivity contribution in [2.45, 2.75) is 39.5 Å². The Morgan fingerprint density at radius 3 is 2.80 bits per heavy atom. The van der Waals surface area contributed by atoms with Crippen LogP contribution in [0.1, 0.15) is 49.2 Å². The van der Waals surface area contributed by atoms with Gasteiger partial charge in [-0.15, -0.1) is 0 Å². The van der Waals surface area contributed by atoms with Crippen molar-refractivity contribution in [3.8, 4) is 5.69 Å².